The number of ether oxygens (including phenoxy) is 1. The number of esters is 1. The van der Waals surface area contributed by atoms with Crippen LogP contribution in [-0.2, 0) is 44.2 Å². The first-order valence-corrected chi connectivity index (χ1v) is 20.3. The lowest BCUT2D eigenvalue weighted by Gasteiger charge is -2.37. The minimum atomic E-state index is -1.11. The zero-order valence-corrected chi connectivity index (χ0v) is 34.7. The minimum Gasteiger partial charge on any atom is -0.460 e. The molecule has 0 heterocycles. The molecule has 0 aromatic heterocycles. The van der Waals surface area contributed by atoms with Crippen molar-refractivity contribution < 1.29 is 19.1 Å². The van der Waals surface area contributed by atoms with Gasteiger partial charge in [-0.25, -0.2) is 0 Å². The molecule has 0 unspecified atom stereocenters. The molecule has 0 saturated heterocycles. The molecule has 59 heavy (non-hydrogen) atoms. The highest BCUT2D eigenvalue weighted by Crippen LogP contribution is 2.37. The van der Waals surface area contributed by atoms with E-state index >= 15 is 0 Å². The van der Waals surface area contributed by atoms with Crippen molar-refractivity contribution in [2.24, 2.45) is 5.92 Å². The summed E-state index contributed by atoms with van der Waals surface area (Å²) in [5.41, 5.74) is 8.29. The lowest BCUT2D eigenvalue weighted by molar-refractivity contribution is -0.156. The summed E-state index contributed by atoms with van der Waals surface area (Å²) in [6, 6.07) is 54.8. The van der Waals surface area contributed by atoms with Gasteiger partial charge in [0.15, 0.2) is 0 Å². The van der Waals surface area contributed by atoms with Crippen LogP contribution in [0.25, 0.3) is 11.1 Å². The summed E-state index contributed by atoms with van der Waals surface area (Å²) in [4.78, 5) is 40.4. The number of benzene rings is 6. The van der Waals surface area contributed by atoms with Crippen LogP contribution in [-0.4, -0.2) is 29.4 Å². The molecule has 0 aliphatic heterocycles. The third kappa shape index (κ3) is 11.4. The van der Waals surface area contributed by atoms with Crippen molar-refractivity contribution in [3.05, 3.63) is 203 Å². The predicted octanol–water partition coefficient (Wildman–Crippen LogP) is 9.46. The Kier molecular flexibility index (Phi) is 13.9. The topological polar surface area (TPSA) is 96.5 Å². The Morgan fingerprint density at radius 1 is 0.576 bits per heavy atom. The van der Waals surface area contributed by atoms with E-state index < -0.39 is 35.0 Å². The molecular formula is C52H55N3O4. The molecule has 2 amide bonds. The molecule has 0 bridgehead atoms. The molecule has 0 radical (unpaired) electrons. The van der Waals surface area contributed by atoms with Crippen molar-refractivity contribution in [3.63, 3.8) is 0 Å². The predicted molar refractivity (Wildman–Crippen MR) is 236 cm³/mol. The first-order valence-electron chi connectivity index (χ1n) is 20.3. The van der Waals surface area contributed by atoms with Crippen molar-refractivity contribution in [2.45, 2.75) is 77.7 Å². The molecule has 0 saturated carbocycles. The van der Waals surface area contributed by atoms with Crippen LogP contribution in [0.15, 0.2) is 164 Å². The number of carbonyl (C=O) groups excluding carboxylic acids is 3. The number of nitrogens with one attached hydrogen (secondary N) is 3. The lowest BCUT2D eigenvalue weighted by atomic mass is 9.76. The van der Waals surface area contributed by atoms with E-state index in [2.05, 4.69) is 120 Å². The van der Waals surface area contributed by atoms with Crippen LogP contribution < -0.4 is 16.0 Å². The molecule has 6 aromatic rings. The van der Waals surface area contributed by atoms with Gasteiger partial charge in [-0.2, -0.15) is 0 Å². The number of hydrogen-bond acceptors (Lipinski definition) is 5. The van der Waals surface area contributed by atoms with Crippen molar-refractivity contribution >= 4 is 17.8 Å². The Labute approximate surface area is 349 Å². The quantitative estimate of drug-likeness (QED) is 0.0672. The van der Waals surface area contributed by atoms with E-state index in [1.54, 1.807) is 20.8 Å². The Balaban J connectivity index is 1.15. The van der Waals surface area contributed by atoms with Crippen LogP contribution >= 0.6 is 0 Å². The van der Waals surface area contributed by atoms with Crippen LogP contribution in [0.2, 0.25) is 0 Å². The van der Waals surface area contributed by atoms with Gasteiger partial charge in [0.25, 0.3) is 0 Å². The zero-order chi connectivity index (χ0) is 41.8. The van der Waals surface area contributed by atoms with Crippen LogP contribution in [0.4, 0.5) is 0 Å². The van der Waals surface area contributed by atoms with E-state index in [0.29, 0.717) is 13.0 Å². The maximum atomic E-state index is 13.8. The van der Waals surface area contributed by atoms with E-state index in [-0.39, 0.29) is 18.9 Å². The smallest absolute Gasteiger partial charge is 0.308 e. The van der Waals surface area contributed by atoms with Crippen LogP contribution in [0.1, 0.15) is 73.1 Å². The first kappa shape index (κ1) is 42.3. The Hall–Kier alpha value is -6.31. The van der Waals surface area contributed by atoms with Gasteiger partial charge >= 0.3 is 5.97 Å². The Morgan fingerprint density at radius 2 is 1.10 bits per heavy atom. The van der Waals surface area contributed by atoms with Crippen molar-refractivity contribution in [1.29, 1.82) is 0 Å². The molecule has 7 heteroatoms. The molecule has 2 atom stereocenters. The molecule has 0 spiro atoms. The molecule has 3 N–H and O–H groups in total. The third-order valence-corrected chi connectivity index (χ3v) is 10.4. The molecule has 302 valence electrons. The summed E-state index contributed by atoms with van der Waals surface area (Å²) < 4.78 is 5.56. The molecule has 0 aliphatic rings. The maximum Gasteiger partial charge on any atom is 0.308 e. The number of carbonyl (C=O) groups is 3. The van der Waals surface area contributed by atoms with Gasteiger partial charge in [0, 0.05) is 19.0 Å². The second kappa shape index (κ2) is 19.4. The fourth-order valence-electron chi connectivity index (χ4n) is 7.37. The minimum absolute atomic E-state index is 0.206. The first-order chi connectivity index (χ1) is 28.4. The molecule has 0 aliphatic carbocycles. The van der Waals surface area contributed by atoms with Crippen molar-refractivity contribution in [1.82, 2.24) is 16.0 Å². The zero-order valence-electron chi connectivity index (χ0n) is 34.7. The van der Waals surface area contributed by atoms with Crippen LogP contribution in [0, 0.1) is 12.8 Å². The van der Waals surface area contributed by atoms with E-state index in [1.807, 2.05) is 73.7 Å². The number of hydrogen-bond donors (Lipinski definition) is 3. The molecule has 6 aromatic carbocycles. The van der Waals surface area contributed by atoms with E-state index in [4.69, 9.17) is 4.74 Å². The fourth-order valence-corrected chi connectivity index (χ4v) is 7.37. The van der Waals surface area contributed by atoms with Gasteiger partial charge < -0.3 is 15.4 Å². The number of amides is 2. The number of aryl methyl sites for hydroxylation is 1. The third-order valence-electron chi connectivity index (χ3n) is 10.4. The highest BCUT2D eigenvalue weighted by Gasteiger charge is 2.36. The number of rotatable bonds is 16. The summed E-state index contributed by atoms with van der Waals surface area (Å²) in [7, 11) is 0. The molecule has 7 nitrogen and oxygen atoms in total. The van der Waals surface area contributed by atoms with Crippen molar-refractivity contribution in [2.75, 3.05) is 0 Å². The molecule has 6 rings (SSSR count). The second-order valence-electron chi connectivity index (χ2n) is 16.3. The van der Waals surface area contributed by atoms with Gasteiger partial charge in [-0.3, -0.25) is 19.7 Å². The summed E-state index contributed by atoms with van der Waals surface area (Å²) in [6.45, 7) is 9.98. The monoisotopic (exact) mass is 785 g/mol. The maximum absolute atomic E-state index is 13.8. The average Bonchev–Trinajstić information content (AvgIpc) is 3.24. The van der Waals surface area contributed by atoms with Gasteiger partial charge in [-0.15, -0.1) is 0 Å². The Morgan fingerprint density at radius 3 is 1.68 bits per heavy atom. The second-order valence-corrected chi connectivity index (χ2v) is 16.3. The van der Waals surface area contributed by atoms with Crippen molar-refractivity contribution in [3.8, 4) is 11.1 Å². The average molecular weight is 786 g/mol. The van der Waals surface area contributed by atoms with E-state index in [9.17, 15) is 14.4 Å². The highest BCUT2D eigenvalue weighted by molar-refractivity contribution is 5.91. The summed E-state index contributed by atoms with van der Waals surface area (Å²) >= 11 is 0. The van der Waals surface area contributed by atoms with Gasteiger partial charge in [0.2, 0.25) is 11.8 Å². The van der Waals surface area contributed by atoms with E-state index in [1.165, 1.54) is 5.56 Å². The summed E-state index contributed by atoms with van der Waals surface area (Å²) in [5, 5.41) is 9.79. The Bertz CT molecular complexity index is 2250. The lowest BCUT2D eigenvalue weighted by Crippen LogP contribution is -2.49. The van der Waals surface area contributed by atoms with E-state index in [0.717, 1.165) is 44.5 Å². The van der Waals surface area contributed by atoms with Gasteiger partial charge in [-0.1, -0.05) is 176 Å². The fraction of sp³-hybridized carbons (Fsp3) is 0.250. The molecule has 0 fully saturated rings. The van der Waals surface area contributed by atoms with Gasteiger partial charge in [0.1, 0.15) is 11.6 Å². The summed E-state index contributed by atoms with van der Waals surface area (Å²) in [6.07, 6.45) is 0.180. The SMILES string of the molecule is Cc1ccc(C(NCc2cccc(CNC(=O)[C@H](CC(=O)OC(C)(C)C)NC(=O)[C@@H](C)Cc3ccc(-c4ccccc4)cc3)c2)(c2ccccc2)c2ccccc2)cc1. The normalized spacial score (nSPS) is 12.6. The highest BCUT2D eigenvalue weighted by atomic mass is 16.6. The van der Waals surface area contributed by atoms with Crippen LogP contribution in [0.3, 0.4) is 0 Å². The molecular weight excluding hydrogens is 731 g/mol. The van der Waals surface area contributed by atoms with Gasteiger partial charge in [0.05, 0.1) is 12.0 Å². The van der Waals surface area contributed by atoms with Crippen LogP contribution in [0.5, 0.6) is 0 Å². The van der Waals surface area contributed by atoms with Gasteiger partial charge in [-0.05, 0) is 78.6 Å². The largest absolute Gasteiger partial charge is 0.460 e. The summed E-state index contributed by atoms with van der Waals surface area (Å²) in [5.74, 6) is -1.79. The standard InChI is InChI=1S/C52H55N3O4/c1-37-24-30-46(31-25-37)52(44-20-11-7-12-21-44,45-22-13-8-14-23-45)54-36-41-17-15-16-40(33-41)35-53-50(58)47(34-48(56)59-51(3,4)5)55-49(57)38(2)32-39-26-28-43(29-27-39)42-18-9-6-10-19-42/h6-31,33,38,47,54H,32,34-36H2,1-5H3,(H,53,58)(H,55,57)/t38-,47-/m0/s1.